The van der Waals surface area contributed by atoms with Crippen molar-refractivity contribution in [2.24, 2.45) is 0 Å². The summed E-state index contributed by atoms with van der Waals surface area (Å²) >= 11 is 0. The van der Waals surface area contributed by atoms with Crippen LogP contribution in [-0.4, -0.2) is 51.9 Å². The molecule has 0 spiro atoms. The Bertz CT molecular complexity index is 1970. The first-order chi connectivity index (χ1) is 18.8. The van der Waals surface area contributed by atoms with Gasteiger partial charge in [-0.2, -0.15) is 5.10 Å². The average Bonchev–Trinajstić information content (AvgIpc) is 3.55. The maximum atomic E-state index is 14.5. The Labute approximate surface area is 222 Å². The van der Waals surface area contributed by atoms with Crippen molar-refractivity contribution >= 4 is 32.0 Å². The molecule has 0 atom stereocenters. The van der Waals surface area contributed by atoms with Crippen molar-refractivity contribution in [3.8, 4) is 39.7 Å². The summed E-state index contributed by atoms with van der Waals surface area (Å²) < 4.78 is 45.2. The molecular weight excluding hydrogens is 521 g/mol. The number of ether oxygens (including phenoxy) is 1. The number of aromatic nitrogens is 6. The van der Waals surface area contributed by atoms with Crippen molar-refractivity contribution in [2.45, 2.75) is 6.54 Å². The summed E-state index contributed by atoms with van der Waals surface area (Å²) in [5, 5.41) is 8.40. The summed E-state index contributed by atoms with van der Waals surface area (Å²) in [7, 11) is -1.84. The van der Waals surface area contributed by atoms with Gasteiger partial charge in [-0.3, -0.25) is 15.1 Å². The maximum absolute atomic E-state index is 14.5. The molecule has 0 saturated carbocycles. The van der Waals surface area contributed by atoms with E-state index in [-0.39, 0.29) is 6.54 Å². The molecule has 10 nitrogen and oxygen atoms in total. The number of benzene rings is 2. The summed E-state index contributed by atoms with van der Waals surface area (Å²) in [6.45, 7) is -0.0458. The predicted octanol–water partition coefficient (Wildman–Crippen LogP) is 4.43. The van der Waals surface area contributed by atoms with Crippen molar-refractivity contribution in [3.63, 3.8) is 0 Å². The number of methoxy groups -OCH3 is 1. The summed E-state index contributed by atoms with van der Waals surface area (Å²) in [6, 6.07) is 13.9. The van der Waals surface area contributed by atoms with Crippen LogP contribution in [0.3, 0.4) is 0 Å². The number of sulfonamides is 1. The van der Waals surface area contributed by atoms with Crippen LogP contribution in [0.1, 0.15) is 5.56 Å². The van der Waals surface area contributed by atoms with E-state index >= 15 is 0 Å². The second-order valence-electron chi connectivity index (χ2n) is 9.03. The van der Waals surface area contributed by atoms with E-state index in [9.17, 15) is 12.8 Å². The van der Waals surface area contributed by atoms with E-state index in [1.807, 2.05) is 24.3 Å². The van der Waals surface area contributed by atoms with Gasteiger partial charge in [-0.1, -0.05) is 6.07 Å². The summed E-state index contributed by atoms with van der Waals surface area (Å²) in [5.74, 6) is 0.664. The monoisotopic (exact) mass is 543 g/mol. The minimum Gasteiger partial charge on any atom is -0.495 e. The highest BCUT2D eigenvalue weighted by Gasteiger charge is 2.17. The molecule has 2 aromatic carbocycles. The zero-order chi connectivity index (χ0) is 27.1. The van der Waals surface area contributed by atoms with Crippen LogP contribution in [0.25, 0.3) is 55.8 Å². The molecule has 4 aromatic heterocycles. The predicted molar refractivity (Wildman–Crippen MR) is 146 cm³/mol. The van der Waals surface area contributed by atoms with Crippen LogP contribution in [0.5, 0.6) is 5.75 Å². The maximum Gasteiger partial charge on any atom is 0.209 e. The lowest BCUT2D eigenvalue weighted by atomic mass is 10.0. The van der Waals surface area contributed by atoms with E-state index in [1.165, 1.54) is 12.1 Å². The smallest absolute Gasteiger partial charge is 0.209 e. The van der Waals surface area contributed by atoms with E-state index in [2.05, 4.69) is 29.9 Å². The first kappa shape index (κ1) is 24.6. The van der Waals surface area contributed by atoms with Crippen LogP contribution < -0.4 is 9.46 Å². The number of imidazole rings is 1. The number of halogens is 1. The SMILES string of the molecule is COc1cncc(-c2ccc3[nH]nc(-c4nc5c(-c6cc(F)cc(CNS(C)(=O)=O)c6)nccc5[nH]4)c3c2)c1. The topological polar surface area (TPSA) is 139 Å². The molecule has 0 saturated heterocycles. The van der Waals surface area contributed by atoms with E-state index in [4.69, 9.17) is 9.72 Å². The van der Waals surface area contributed by atoms with Crippen LogP contribution in [0.2, 0.25) is 0 Å². The highest BCUT2D eigenvalue weighted by Crippen LogP contribution is 2.33. The Morgan fingerprint density at radius 2 is 1.85 bits per heavy atom. The summed E-state index contributed by atoms with van der Waals surface area (Å²) in [6.07, 6.45) is 6.07. The van der Waals surface area contributed by atoms with Crippen molar-refractivity contribution < 1.29 is 17.5 Å². The standard InChI is InChI=1S/C27H22FN7O3S/c1-38-20-10-18(13-29-14-20)16-3-4-22-21(11-16)25(35-34-22)27-32-23-5-6-30-24(26(23)33-27)17-7-15(8-19(28)9-17)12-31-39(2,36)37/h3-11,13-14,31H,12H2,1-2H3,(H,32,33)(H,34,35). The normalized spacial score (nSPS) is 11.9. The number of hydrogen-bond donors (Lipinski definition) is 3. The van der Waals surface area contributed by atoms with Gasteiger partial charge in [0.05, 0.1) is 36.3 Å². The third kappa shape index (κ3) is 4.94. The molecule has 0 fully saturated rings. The quantitative estimate of drug-likeness (QED) is 0.271. The molecule has 0 aliphatic carbocycles. The second-order valence-corrected chi connectivity index (χ2v) is 10.9. The Balaban J connectivity index is 1.42. The minimum absolute atomic E-state index is 0.0458. The number of aromatic amines is 2. The van der Waals surface area contributed by atoms with E-state index < -0.39 is 15.8 Å². The fourth-order valence-electron chi connectivity index (χ4n) is 4.42. The fraction of sp³-hybridized carbons (Fsp3) is 0.111. The molecule has 0 amide bonds. The highest BCUT2D eigenvalue weighted by molar-refractivity contribution is 7.88. The van der Waals surface area contributed by atoms with Crippen LogP contribution >= 0.6 is 0 Å². The Hall–Kier alpha value is -4.68. The second kappa shape index (κ2) is 9.57. The van der Waals surface area contributed by atoms with Gasteiger partial charge >= 0.3 is 0 Å². The molecule has 0 unspecified atom stereocenters. The van der Waals surface area contributed by atoms with E-state index in [0.717, 1.165) is 28.3 Å². The lowest BCUT2D eigenvalue weighted by Crippen LogP contribution is -2.21. The van der Waals surface area contributed by atoms with Gasteiger partial charge in [-0.05, 0) is 53.6 Å². The molecule has 196 valence electrons. The molecule has 0 radical (unpaired) electrons. The van der Waals surface area contributed by atoms with Crippen molar-refractivity contribution in [1.82, 2.24) is 34.9 Å². The molecule has 3 N–H and O–H groups in total. The Morgan fingerprint density at radius 1 is 0.974 bits per heavy atom. The third-order valence-corrected chi connectivity index (χ3v) is 6.91. The number of rotatable bonds is 7. The van der Waals surface area contributed by atoms with Gasteiger partial charge in [0.1, 0.15) is 22.8 Å². The van der Waals surface area contributed by atoms with Crippen molar-refractivity contribution in [1.29, 1.82) is 0 Å². The largest absolute Gasteiger partial charge is 0.495 e. The summed E-state index contributed by atoms with van der Waals surface area (Å²) in [4.78, 5) is 16.8. The number of pyridine rings is 2. The van der Waals surface area contributed by atoms with Gasteiger partial charge in [-0.25, -0.2) is 22.5 Å². The number of H-pyrrole nitrogens is 2. The average molecular weight is 544 g/mol. The lowest BCUT2D eigenvalue weighted by molar-refractivity contribution is 0.413. The van der Waals surface area contributed by atoms with Crippen LogP contribution in [0.4, 0.5) is 4.39 Å². The zero-order valence-corrected chi connectivity index (χ0v) is 21.7. The van der Waals surface area contributed by atoms with Crippen LogP contribution in [0.15, 0.2) is 67.1 Å². The zero-order valence-electron chi connectivity index (χ0n) is 20.9. The number of fused-ring (bicyclic) bond motifs is 2. The number of nitrogens with one attached hydrogen (secondary N) is 3. The Kier molecular flexibility index (Phi) is 6.04. The molecule has 39 heavy (non-hydrogen) atoms. The number of nitrogens with zero attached hydrogens (tertiary/aromatic N) is 4. The molecular formula is C27H22FN7O3S. The lowest BCUT2D eigenvalue weighted by Gasteiger charge is -2.07. The molecule has 4 heterocycles. The van der Waals surface area contributed by atoms with Gasteiger partial charge in [-0.15, -0.1) is 0 Å². The third-order valence-electron chi connectivity index (χ3n) is 6.24. The van der Waals surface area contributed by atoms with Crippen LogP contribution in [-0.2, 0) is 16.6 Å². The van der Waals surface area contributed by atoms with Gasteiger partial charge in [0, 0.05) is 35.5 Å². The Morgan fingerprint density at radius 3 is 2.67 bits per heavy atom. The van der Waals surface area contributed by atoms with E-state index in [1.54, 1.807) is 37.8 Å². The van der Waals surface area contributed by atoms with Crippen LogP contribution in [0, 0.1) is 5.82 Å². The molecule has 0 bridgehead atoms. The van der Waals surface area contributed by atoms with Gasteiger partial charge in [0.2, 0.25) is 10.0 Å². The fourth-order valence-corrected chi connectivity index (χ4v) is 4.85. The minimum atomic E-state index is -3.44. The molecule has 6 rings (SSSR count). The van der Waals surface area contributed by atoms with Crippen molar-refractivity contribution in [2.75, 3.05) is 13.4 Å². The molecule has 0 aliphatic heterocycles. The number of hydrogen-bond acceptors (Lipinski definition) is 7. The van der Waals surface area contributed by atoms with E-state index in [0.29, 0.717) is 45.1 Å². The first-order valence-electron chi connectivity index (χ1n) is 11.8. The van der Waals surface area contributed by atoms with Gasteiger partial charge in [0.25, 0.3) is 0 Å². The van der Waals surface area contributed by atoms with Gasteiger partial charge < -0.3 is 9.72 Å². The van der Waals surface area contributed by atoms with Gasteiger partial charge in [0.15, 0.2) is 5.82 Å². The highest BCUT2D eigenvalue weighted by atomic mass is 32.2. The van der Waals surface area contributed by atoms with Crippen molar-refractivity contribution in [3.05, 3.63) is 78.5 Å². The first-order valence-corrected chi connectivity index (χ1v) is 13.7. The summed E-state index contributed by atoms with van der Waals surface area (Å²) in [5.41, 5.74) is 5.89. The molecule has 0 aliphatic rings. The molecule has 12 heteroatoms. The molecule has 6 aromatic rings.